The standard InChI is InChI=1S/C16H15FN2S/c1-2-11-3-5-12(6-4-11)10-18-16-19-14-8-7-13(17)9-15(14)20-16/h3-9H,2,10H2,1H3,(H,18,19). The zero-order valence-corrected chi connectivity index (χ0v) is 12.0. The molecule has 0 aliphatic heterocycles. The number of aryl methyl sites for hydroxylation is 1. The quantitative estimate of drug-likeness (QED) is 0.757. The van der Waals surface area contributed by atoms with Gasteiger partial charge in [0, 0.05) is 6.54 Å². The molecule has 0 aliphatic rings. The average molecular weight is 286 g/mol. The maximum atomic E-state index is 13.1. The number of aromatic nitrogens is 1. The van der Waals surface area contributed by atoms with Crippen LogP contribution in [0.2, 0.25) is 0 Å². The molecule has 3 rings (SSSR count). The van der Waals surface area contributed by atoms with E-state index in [4.69, 9.17) is 0 Å². The van der Waals surface area contributed by atoms with Crippen LogP contribution in [-0.4, -0.2) is 4.98 Å². The summed E-state index contributed by atoms with van der Waals surface area (Å²) in [6, 6.07) is 13.2. The zero-order valence-electron chi connectivity index (χ0n) is 11.2. The molecular weight excluding hydrogens is 271 g/mol. The van der Waals surface area contributed by atoms with Gasteiger partial charge in [-0.1, -0.05) is 42.5 Å². The Hall–Kier alpha value is -1.94. The Morgan fingerprint density at radius 2 is 1.85 bits per heavy atom. The highest BCUT2D eigenvalue weighted by Crippen LogP contribution is 2.26. The second kappa shape index (κ2) is 5.59. The third kappa shape index (κ3) is 2.80. The number of benzene rings is 2. The third-order valence-corrected chi connectivity index (χ3v) is 4.20. The fourth-order valence-electron chi connectivity index (χ4n) is 2.04. The maximum Gasteiger partial charge on any atom is 0.184 e. The Bertz CT molecular complexity index is 719. The van der Waals surface area contributed by atoms with Gasteiger partial charge in [-0.05, 0) is 35.7 Å². The highest BCUT2D eigenvalue weighted by atomic mass is 32.1. The monoisotopic (exact) mass is 286 g/mol. The topological polar surface area (TPSA) is 24.9 Å². The number of rotatable bonds is 4. The van der Waals surface area contributed by atoms with Crippen molar-refractivity contribution in [3.05, 3.63) is 59.4 Å². The molecule has 0 saturated heterocycles. The lowest BCUT2D eigenvalue weighted by atomic mass is 10.1. The van der Waals surface area contributed by atoms with Gasteiger partial charge in [-0.2, -0.15) is 0 Å². The van der Waals surface area contributed by atoms with E-state index >= 15 is 0 Å². The summed E-state index contributed by atoms with van der Waals surface area (Å²) in [6.07, 6.45) is 1.05. The summed E-state index contributed by atoms with van der Waals surface area (Å²) in [4.78, 5) is 4.44. The summed E-state index contributed by atoms with van der Waals surface area (Å²) in [5, 5.41) is 4.12. The zero-order chi connectivity index (χ0) is 13.9. The molecule has 2 nitrogen and oxygen atoms in total. The van der Waals surface area contributed by atoms with Crippen molar-refractivity contribution in [2.45, 2.75) is 19.9 Å². The number of hydrogen-bond donors (Lipinski definition) is 1. The molecule has 0 fully saturated rings. The van der Waals surface area contributed by atoms with Gasteiger partial charge in [0.25, 0.3) is 0 Å². The van der Waals surface area contributed by atoms with E-state index in [1.165, 1.54) is 34.6 Å². The lowest BCUT2D eigenvalue weighted by molar-refractivity contribution is 0.630. The Morgan fingerprint density at radius 3 is 2.60 bits per heavy atom. The van der Waals surface area contributed by atoms with Crippen molar-refractivity contribution in [2.75, 3.05) is 5.32 Å². The molecule has 1 N–H and O–H groups in total. The normalized spacial score (nSPS) is 10.9. The number of anilines is 1. The first-order chi connectivity index (χ1) is 9.74. The van der Waals surface area contributed by atoms with Crippen LogP contribution in [0.5, 0.6) is 0 Å². The summed E-state index contributed by atoms with van der Waals surface area (Å²) in [5.41, 5.74) is 3.39. The van der Waals surface area contributed by atoms with E-state index in [9.17, 15) is 4.39 Å². The number of nitrogens with zero attached hydrogens (tertiary/aromatic N) is 1. The van der Waals surface area contributed by atoms with Crippen LogP contribution in [0.15, 0.2) is 42.5 Å². The van der Waals surface area contributed by atoms with Crippen molar-refractivity contribution < 1.29 is 4.39 Å². The molecule has 2 aromatic carbocycles. The molecule has 0 unspecified atom stereocenters. The molecule has 0 amide bonds. The molecule has 0 radical (unpaired) electrons. The van der Waals surface area contributed by atoms with E-state index in [-0.39, 0.29) is 5.82 Å². The van der Waals surface area contributed by atoms with Crippen molar-refractivity contribution in [2.24, 2.45) is 0 Å². The highest BCUT2D eigenvalue weighted by Gasteiger charge is 2.04. The van der Waals surface area contributed by atoms with Gasteiger partial charge in [-0.15, -0.1) is 0 Å². The smallest absolute Gasteiger partial charge is 0.184 e. The average Bonchev–Trinajstić information content (AvgIpc) is 2.87. The van der Waals surface area contributed by atoms with Gasteiger partial charge in [0.15, 0.2) is 5.13 Å². The molecule has 1 aromatic heterocycles. The van der Waals surface area contributed by atoms with Crippen LogP contribution < -0.4 is 5.32 Å². The van der Waals surface area contributed by atoms with E-state index < -0.39 is 0 Å². The summed E-state index contributed by atoms with van der Waals surface area (Å²) in [5.74, 6) is -0.220. The van der Waals surface area contributed by atoms with Crippen LogP contribution in [0, 0.1) is 5.82 Å². The van der Waals surface area contributed by atoms with Gasteiger partial charge in [0.1, 0.15) is 5.82 Å². The molecule has 0 saturated carbocycles. The van der Waals surface area contributed by atoms with E-state index in [1.54, 1.807) is 6.07 Å². The minimum atomic E-state index is -0.220. The summed E-state index contributed by atoms with van der Waals surface area (Å²) in [7, 11) is 0. The number of fused-ring (bicyclic) bond motifs is 1. The molecule has 0 atom stereocenters. The minimum absolute atomic E-state index is 0.220. The predicted molar refractivity (Wildman–Crippen MR) is 82.7 cm³/mol. The summed E-state index contributed by atoms with van der Waals surface area (Å²) < 4.78 is 14.0. The van der Waals surface area contributed by atoms with Gasteiger partial charge in [0.2, 0.25) is 0 Å². The van der Waals surface area contributed by atoms with Crippen LogP contribution in [0.4, 0.5) is 9.52 Å². The van der Waals surface area contributed by atoms with Crippen LogP contribution in [0.25, 0.3) is 10.2 Å². The van der Waals surface area contributed by atoms with Gasteiger partial charge >= 0.3 is 0 Å². The Balaban J connectivity index is 1.72. The molecule has 102 valence electrons. The molecule has 0 bridgehead atoms. The fourth-order valence-corrected chi connectivity index (χ4v) is 2.93. The van der Waals surface area contributed by atoms with E-state index in [0.717, 1.165) is 28.3 Å². The van der Waals surface area contributed by atoms with Crippen molar-refractivity contribution in [1.29, 1.82) is 0 Å². The molecular formula is C16H15FN2S. The van der Waals surface area contributed by atoms with Crippen LogP contribution in [-0.2, 0) is 13.0 Å². The van der Waals surface area contributed by atoms with Gasteiger partial charge in [0.05, 0.1) is 10.2 Å². The first-order valence-electron chi connectivity index (χ1n) is 6.62. The lowest BCUT2D eigenvalue weighted by Gasteiger charge is -2.03. The minimum Gasteiger partial charge on any atom is -0.357 e. The van der Waals surface area contributed by atoms with Crippen molar-refractivity contribution in [3.63, 3.8) is 0 Å². The lowest BCUT2D eigenvalue weighted by Crippen LogP contribution is -1.98. The third-order valence-electron chi connectivity index (χ3n) is 3.23. The number of hydrogen-bond acceptors (Lipinski definition) is 3. The summed E-state index contributed by atoms with van der Waals surface area (Å²) >= 11 is 1.48. The van der Waals surface area contributed by atoms with Crippen molar-refractivity contribution in [1.82, 2.24) is 4.98 Å². The SMILES string of the molecule is CCc1ccc(CNc2nc3ccc(F)cc3s2)cc1. The Labute approximate surface area is 121 Å². The second-order valence-corrected chi connectivity index (χ2v) is 5.69. The summed E-state index contributed by atoms with van der Waals surface area (Å²) in [6.45, 7) is 2.87. The number of nitrogens with one attached hydrogen (secondary N) is 1. The first kappa shape index (κ1) is 13.1. The number of thiazole rings is 1. The van der Waals surface area contributed by atoms with Crippen LogP contribution in [0.3, 0.4) is 0 Å². The van der Waals surface area contributed by atoms with Gasteiger partial charge < -0.3 is 5.32 Å². The maximum absolute atomic E-state index is 13.1. The Morgan fingerprint density at radius 1 is 1.10 bits per heavy atom. The molecule has 1 heterocycles. The van der Waals surface area contributed by atoms with Crippen LogP contribution in [0.1, 0.15) is 18.1 Å². The fraction of sp³-hybridized carbons (Fsp3) is 0.188. The van der Waals surface area contributed by atoms with E-state index in [1.807, 2.05) is 0 Å². The molecule has 0 spiro atoms. The second-order valence-electron chi connectivity index (χ2n) is 4.65. The first-order valence-corrected chi connectivity index (χ1v) is 7.44. The highest BCUT2D eigenvalue weighted by molar-refractivity contribution is 7.22. The molecule has 3 aromatic rings. The molecule has 4 heteroatoms. The molecule has 0 aliphatic carbocycles. The van der Waals surface area contributed by atoms with Crippen molar-refractivity contribution >= 4 is 26.7 Å². The van der Waals surface area contributed by atoms with E-state index in [0.29, 0.717) is 0 Å². The Kier molecular flexibility index (Phi) is 3.65. The number of halogens is 1. The van der Waals surface area contributed by atoms with Crippen LogP contribution >= 0.6 is 11.3 Å². The van der Waals surface area contributed by atoms with Gasteiger partial charge in [-0.3, -0.25) is 0 Å². The van der Waals surface area contributed by atoms with Crippen molar-refractivity contribution in [3.8, 4) is 0 Å². The molecule has 20 heavy (non-hydrogen) atoms. The van der Waals surface area contributed by atoms with Gasteiger partial charge in [-0.25, -0.2) is 9.37 Å². The predicted octanol–water partition coefficient (Wildman–Crippen LogP) is 4.61. The van der Waals surface area contributed by atoms with E-state index in [2.05, 4.69) is 41.5 Å². The largest absolute Gasteiger partial charge is 0.357 e.